The summed E-state index contributed by atoms with van der Waals surface area (Å²) >= 11 is 24.8. The van der Waals surface area contributed by atoms with Gasteiger partial charge in [0.05, 0.1) is 12.1 Å². The molecular weight excluding hydrogens is 814 g/mol. The van der Waals surface area contributed by atoms with Crippen molar-refractivity contribution < 1.29 is 19.1 Å². The van der Waals surface area contributed by atoms with E-state index in [0.717, 1.165) is 48.4 Å². The Morgan fingerprint density at radius 3 is 1.24 bits per heavy atom. The highest BCUT2D eigenvalue weighted by atomic mass is 35.5. The second kappa shape index (κ2) is 19.9. The summed E-state index contributed by atoms with van der Waals surface area (Å²) in [7, 11) is 3.78. The Morgan fingerprint density at radius 1 is 0.534 bits per heavy atom. The first-order valence-corrected chi connectivity index (χ1v) is 21.9. The minimum Gasteiger partial charge on any atom is -0.358 e. The van der Waals surface area contributed by atoms with Crippen molar-refractivity contribution in [1.29, 1.82) is 0 Å². The summed E-state index contributed by atoms with van der Waals surface area (Å²) in [6, 6.07) is 30.6. The first-order chi connectivity index (χ1) is 28.1. The maximum absolute atomic E-state index is 13.4. The van der Waals surface area contributed by atoms with Crippen LogP contribution < -0.4 is 10.6 Å². The number of benzene rings is 4. The molecule has 0 aromatic heterocycles. The predicted molar refractivity (Wildman–Crippen MR) is 232 cm³/mol. The van der Waals surface area contributed by atoms with Crippen LogP contribution in [0.2, 0.25) is 20.1 Å². The second-order valence-corrected chi connectivity index (χ2v) is 17.6. The second-order valence-electron chi connectivity index (χ2n) is 15.8. The third-order valence-electron chi connectivity index (χ3n) is 11.4. The third kappa shape index (κ3) is 10.8. The molecule has 4 fully saturated rings. The Bertz CT molecular complexity index is 1850. The van der Waals surface area contributed by atoms with E-state index in [2.05, 4.69) is 10.6 Å². The van der Waals surface area contributed by atoms with Crippen LogP contribution in [-0.4, -0.2) is 74.1 Å². The van der Waals surface area contributed by atoms with E-state index in [1.807, 2.05) is 121 Å². The number of carbonyl (C=O) groups is 2. The van der Waals surface area contributed by atoms with Crippen molar-refractivity contribution in [2.45, 2.75) is 75.0 Å². The summed E-state index contributed by atoms with van der Waals surface area (Å²) in [4.78, 5) is 30.9. The average Bonchev–Trinajstić information content (AvgIpc) is 4.17. The van der Waals surface area contributed by atoms with Crippen molar-refractivity contribution in [3.05, 3.63) is 139 Å². The molecule has 2 N–H and O–H groups in total. The van der Waals surface area contributed by atoms with Crippen molar-refractivity contribution in [1.82, 2.24) is 20.4 Å². The molecule has 12 heteroatoms. The van der Waals surface area contributed by atoms with E-state index in [9.17, 15) is 9.59 Å². The van der Waals surface area contributed by atoms with E-state index in [1.54, 1.807) is 0 Å². The van der Waals surface area contributed by atoms with E-state index in [-0.39, 0.29) is 36.1 Å². The topological polar surface area (TPSA) is 83.1 Å². The summed E-state index contributed by atoms with van der Waals surface area (Å²) < 4.78 is 12.9. The van der Waals surface area contributed by atoms with Gasteiger partial charge in [0.25, 0.3) is 11.8 Å². The largest absolute Gasteiger partial charge is 0.358 e. The number of carbonyl (C=O) groups excluding carboxylic acids is 2. The van der Waals surface area contributed by atoms with E-state index in [4.69, 9.17) is 55.9 Å². The first kappa shape index (κ1) is 42.9. The summed E-state index contributed by atoms with van der Waals surface area (Å²) in [6.07, 6.45) is 4.51. The number of morpholine rings is 2. The van der Waals surface area contributed by atoms with Gasteiger partial charge in [-0.15, -0.1) is 0 Å². The number of nitrogens with zero attached hydrogens (tertiary/aromatic N) is 2. The molecule has 2 aliphatic heterocycles. The van der Waals surface area contributed by atoms with Crippen LogP contribution in [0, 0.1) is 11.8 Å². The molecule has 4 aliphatic rings. The maximum atomic E-state index is 13.4. The van der Waals surface area contributed by atoms with Crippen LogP contribution in [-0.2, 0) is 19.1 Å². The van der Waals surface area contributed by atoms with Crippen molar-refractivity contribution in [2.75, 3.05) is 40.3 Å². The van der Waals surface area contributed by atoms with Crippen molar-refractivity contribution in [3.8, 4) is 0 Å². The molecule has 4 aromatic rings. The fourth-order valence-corrected chi connectivity index (χ4v) is 8.66. The molecule has 6 atom stereocenters. The number of halogens is 4. The number of hydrogen-bond donors (Lipinski definition) is 2. The molecule has 8 rings (SSSR count). The summed E-state index contributed by atoms with van der Waals surface area (Å²) in [5, 5.41) is 8.95. The summed E-state index contributed by atoms with van der Waals surface area (Å²) in [6.45, 7) is 2.98. The average molecular weight is 867 g/mol. The van der Waals surface area contributed by atoms with Crippen LogP contribution >= 0.6 is 46.4 Å². The van der Waals surface area contributed by atoms with E-state index < -0.39 is 12.2 Å². The van der Waals surface area contributed by atoms with Gasteiger partial charge in [-0.2, -0.15) is 0 Å². The van der Waals surface area contributed by atoms with Gasteiger partial charge >= 0.3 is 0 Å². The van der Waals surface area contributed by atoms with Crippen LogP contribution in [0.3, 0.4) is 0 Å². The third-order valence-corrected chi connectivity index (χ3v) is 12.4. The maximum Gasteiger partial charge on any atom is 0.252 e. The molecule has 2 saturated heterocycles. The lowest BCUT2D eigenvalue weighted by Gasteiger charge is -2.45. The Hall–Kier alpha value is -3.18. The Labute approximate surface area is 362 Å². The summed E-state index contributed by atoms with van der Waals surface area (Å²) in [5.74, 6) is 1.31. The zero-order valence-electron chi connectivity index (χ0n) is 33.0. The van der Waals surface area contributed by atoms with Gasteiger partial charge < -0.3 is 29.9 Å². The molecule has 0 bridgehead atoms. The lowest BCUT2D eigenvalue weighted by molar-refractivity contribution is -0.175. The zero-order valence-corrected chi connectivity index (χ0v) is 36.0. The molecule has 58 heavy (non-hydrogen) atoms. The van der Waals surface area contributed by atoms with Gasteiger partial charge in [-0.3, -0.25) is 9.59 Å². The van der Waals surface area contributed by atoms with Gasteiger partial charge in [0, 0.05) is 33.2 Å². The molecule has 1 unspecified atom stereocenters. The Balaban J connectivity index is 0.000000177. The van der Waals surface area contributed by atoms with Crippen LogP contribution in [0.5, 0.6) is 0 Å². The smallest absolute Gasteiger partial charge is 0.252 e. The number of amides is 2. The van der Waals surface area contributed by atoms with Gasteiger partial charge in [-0.05, 0) is 148 Å². The number of nitrogens with one attached hydrogen (secondary N) is 2. The number of hydrogen-bond acceptors (Lipinski definition) is 6. The molecule has 2 heterocycles. The van der Waals surface area contributed by atoms with E-state index in [1.165, 1.54) is 25.7 Å². The molecule has 4 aromatic carbocycles. The number of rotatable bonds is 14. The standard InChI is InChI=1S/2C23H26Cl2N2O2/c2*1-26-12-11-20-23(28)27(14-15-5-6-15)21(16-7-9-18(24)10-8-16)22(29-20)17-3-2-4-19(25)13-17/h2*2-4,7-10,13,15,20-22,26H,5-6,11-12,14H2,1H3/t20-,21?,22-;20-,21+,22-/m10/s1. The van der Waals surface area contributed by atoms with Crippen LogP contribution in [0.15, 0.2) is 97.1 Å². The summed E-state index contributed by atoms with van der Waals surface area (Å²) in [5.41, 5.74) is 4.03. The van der Waals surface area contributed by atoms with E-state index >= 15 is 0 Å². The van der Waals surface area contributed by atoms with Crippen LogP contribution in [0.25, 0.3) is 0 Å². The molecular formula is C46H52Cl4N4O4. The van der Waals surface area contributed by atoms with Crippen molar-refractivity contribution >= 4 is 58.2 Å². The number of ether oxygens (including phenoxy) is 2. The normalized spacial score (nSPS) is 24.7. The molecule has 8 nitrogen and oxygen atoms in total. The lowest BCUT2D eigenvalue weighted by atomic mass is 9.91. The van der Waals surface area contributed by atoms with Crippen molar-refractivity contribution in [3.63, 3.8) is 0 Å². The Kier molecular flexibility index (Phi) is 14.7. The van der Waals surface area contributed by atoms with Crippen LogP contribution in [0.1, 0.15) is 85.1 Å². The SMILES string of the molecule is CNCC[C@@H]1O[C@@H](c2cccc(Cl)c2)[C@@H](c2ccc(Cl)cc2)N(CC2CC2)C1=O.CNCC[C@H]1O[C@H](c2cccc(Cl)c2)C(c2ccc(Cl)cc2)N(CC2CC2)C1=O. The molecule has 2 amide bonds. The predicted octanol–water partition coefficient (Wildman–Crippen LogP) is 10.0. The van der Waals surface area contributed by atoms with Gasteiger partial charge in [0.1, 0.15) is 24.4 Å². The fraction of sp³-hybridized carbons (Fsp3) is 0.435. The molecule has 2 aliphatic carbocycles. The molecule has 2 saturated carbocycles. The van der Waals surface area contributed by atoms with Gasteiger partial charge in [0.15, 0.2) is 0 Å². The first-order valence-electron chi connectivity index (χ1n) is 20.4. The van der Waals surface area contributed by atoms with Gasteiger partial charge in [-0.25, -0.2) is 0 Å². The van der Waals surface area contributed by atoms with Gasteiger partial charge in [0.2, 0.25) is 0 Å². The van der Waals surface area contributed by atoms with Crippen LogP contribution in [0.4, 0.5) is 0 Å². The molecule has 0 radical (unpaired) electrons. The molecule has 0 spiro atoms. The van der Waals surface area contributed by atoms with Crippen molar-refractivity contribution in [2.24, 2.45) is 11.8 Å². The minimum absolute atomic E-state index is 0.0744. The monoisotopic (exact) mass is 864 g/mol. The highest BCUT2D eigenvalue weighted by molar-refractivity contribution is 6.31. The van der Waals surface area contributed by atoms with Gasteiger partial charge in [-0.1, -0.05) is 94.9 Å². The highest BCUT2D eigenvalue weighted by Crippen LogP contribution is 2.47. The highest BCUT2D eigenvalue weighted by Gasteiger charge is 2.47. The fourth-order valence-electron chi connectivity index (χ4n) is 8.01. The zero-order chi connectivity index (χ0) is 40.8. The quantitative estimate of drug-likeness (QED) is 0.131. The Morgan fingerprint density at radius 2 is 0.914 bits per heavy atom. The minimum atomic E-state index is -0.464. The lowest BCUT2D eigenvalue weighted by Crippen LogP contribution is -2.52. The molecule has 308 valence electrons. The van der Waals surface area contributed by atoms with E-state index in [0.29, 0.717) is 44.8 Å².